The van der Waals surface area contributed by atoms with Crippen LogP contribution >= 0.6 is 0 Å². The predicted octanol–water partition coefficient (Wildman–Crippen LogP) is 4.06. The van der Waals surface area contributed by atoms with Gasteiger partial charge in [0.05, 0.1) is 7.11 Å². The molecule has 0 radical (unpaired) electrons. The van der Waals surface area contributed by atoms with Gasteiger partial charge in [-0.25, -0.2) is 4.98 Å². The fourth-order valence-electron chi connectivity index (χ4n) is 2.74. The normalized spacial score (nSPS) is 10.4. The lowest BCUT2D eigenvalue weighted by molar-refractivity contribution is 0.410. The summed E-state index contributed by atoms with van der Waals surface area (Å²) in [6.07, 6.45) is 0.952. The van der Waals surface area contributed by atoms with Crippen molar-refractivity contribution in [2.45, 2.75) is 19.9 Å². The summed E-state index contributed by atoms with van der Waals surface area (Å²) in [5.41, 5.74) is 3.30. The van der Waals surface area contributed by atoms with Crippen LogP contribution in [0, 0.1) is 6.92 Å². The van der Waals surface area contributed by atoms with Gasteiger partial charge in [0.1, 0.15) is 11.6 Å². The Kier molecular flexibility index (Phi) is 6.04. The highest BCUT2D eigenvalue weighted by Crippen LogP contribution is 2.18. The van der Waals surface area contributed by atoms with Gasteiger partial charge in [-0.05, 0) is 25.0 Å². The molecule has 5 heteroatoms. The molecule has 0 aliphatic carbocycles. The zero-order chi connectivity index (χ0) is 18.2. The van der Waals surface area contributed by atoms with Crippen LogP contribution in [0.2, 0.25) is 0 Å². The number of aromatic nitrogens is 2. The number of anilines is 2. The molecule has 1 aromatic heterocycles. The molecule has 26 heavy (non-hydrogen) atoms. The monoisotopic (exact) mass is 348 g/mol. The molecule has 0 unspecified atom stereocenters. The van der Waals surface area contributed by atoms with Crippen molar-refractivity contribution in [3.63, 3.8) is 0 Å². The standard InChI is InChI=1S/C21H24N4O/c1-16-14-20(22-13-12-17-8-4-3-5-9-17)25-21(24-16)23-15-18-10-6-7-11-19(18)26-2/h3-11,14H,12-13,15H2,1-2H3,(H2,22,23,24,25). The van der Waals surface area contributed by atoms with Gasteiger partial charge >= 0.3 is 0 Å². The predicted molar refractivity (Wildman–Crippen MR) is 106 cm³/mol. The highest BCUT2D eigenvalue weighted by Gasteiger charge is 2.05. The molecule has 0 aliphatic rings. The van der Waals surface area contributed by atoms with Gasteiger partial charge in [-0.3, -0.25) is 0 Å². The van der Waals surface area contributed by atoms with Crippen LogP contribution in [-0.4, -0.2) is 23.6 Å². The minimum atomic E-state index is 0.608. The van der Waals surface area contributed by atoms with E-state index in [1.807, 2.05) is 43.3 Å². The minimum Gasteiger partial charge on any atom is -0.496 e. The summed E-state index contributed by atoms with van der Waals surface area (Å²) in [7, 11) is 1.68. The zero-order valence-corrected chi connectivity index (χ0v) is 15.2. The quantitative estimate of drug-likeness (QED) is 0.643. The molecule has 0 aliphatic heterocycles. The van der Waals surface area contributed by atoms with Gasteiger partial charge in [0, 0.05) is 30.4 Å². The number of hydrogen-bond acceptors (Lipinski definition) is 5. The van der Waals surface area contributed by atoms with Gasteiger partial charge in [0.25, 0.3) is 0 Å². The molecule has 0 saturated heterocycles. The Morgan fingerprint density at radius 2 is 1.69 bits per heavy atom. The molecule has 3 aromatic rings. The fraction of sp³-hybridized carbons (Fsp3) is 0.238. The van der Waals surface area contributed by atoms with E-state index >= 15 is 0 Å². The Morgan fingerprint density at radius 1 is 0.923 bits per heavy atom. The van der Waals surface area contributed by atoms with Gasteiger partial charge in [0.2, 0.25) is 5.95 Å². The summed E-state index contributed by atoms with van der Waals surface area (Å²) >= 11 is 0. The molecular formula is C21H24N4O. The Morgan fingerprint density at radius 3 is 2.50 bits per heavy atom. The molecule has 0 atom stereocenters. The van der Waals surface area contributed by atoms with E-state index in [1.54, 1.807) is 7.11 Å². The highest BCUT2D eigenvalue weighted by atomic mass is 16.5. The van der Waals surface area contributed by atoms with Crippen LogP contribution in [0.5, 0.6) is 5.75 Å². The lowest BCUT2D eigenvalue weighted by atomic mass is 10.1. The van der Waals surface area contributed by atoms with E-state index in [0.29, 0.717) is 12.5 Å². The van der Waals surface area contributed by atoms with E-state index < -0.39 is 0 Å². The molecule has 134 valence electrons. The van der Waals surface area contributed by atoms with Gasteiger partial charge < -0.3 is 15.4 Å². The van der Waals surface area contributed by atoms with Gasteiger partial charge in [0.15, 0.2) is 0 Å². The number of methoxy groups -OCH3 is 1. The van der Waals surface area contributed by atoms with Gasteiger partial charge in [-0.1, -0.05) is 48.5 Å². The third-order valence-electron chi connectivity index (χ3n) is 4.05. The van der Waals surface area contributed by atoms with E-state index in [4.69, 9.17) is 4.74 Å². The first kappa shape index (κ1) is 17.7. The number of nitrogens with zero attached hydrogens (tertiary/aromatic N) is 2. The van der Waals surface area contributed by atoms with Crippen molar-refractivity contribution in [1.29, 1.82) is 0 Å². The number of hydrogen-bond donors (Lipinski definition) is 2. The van der Waals surface area contributed by atoms with Crippen LogP contribution in [0.3, 0.4) is 0 Å². The van der Waals surface area contributed by atoms with E-state index in [1.165, 1.54) is 5.56 Å². The first-order chi connectivity index (χ1) is 12.7. The average Bonchev–Trinajstić information content (AvgIpc) is 2.67. The number of benzene rings is 2. The van der Waals surface area contributed by atoms with E-state index in [-0.39, 0.29) is 0 Å². The third-order valence-corrected chi connectivity index (χ3v) is 4.05. The van der Waals surface area contributed by atoms with Crippen molar-refractivity contribution in [3.05, 3.63) is 77.5 Å². The largest absolute Gasteiger partial charge is 0.496 e. The Hall–Kier alpha value is -3.08. The second-order valence-corrected chi connectivity index (χ2v) is 6.05. The smallest absolute Gasteiger partial charge is 0.225 e. The maximum atomic E-state index is 5.38. The number of para-hydroxylation sites is 1. The van der Waals surface area contributed by atoms with Crippen molar-refractivity contribution in [3.8, 4) is 5.75 Å². The zero-order valence-electron chi connectivity index (χ0n) is 15.2. The van der Waals surface area contributed by atoms with E-state index in [0.717, 1.165) is 35.8 Å². The maximum Gasteiger partial charge on any atom is 0.225 e. The SMILES string of the molecule is COc1ccccc1CNc1nc(C)cc(NCCc2ccccc2)n1. The van der Waals surface area contributed by atoms with E-state index in [9.17, 15) is 0 Å². The third kappa shape index (κ3) is 4.96. The van der Waals surface area contributed by atoms with Crippen LogP contribution in [0.15, 0.2) is 60.7 Å². The second-order valence-electron chi connectivity index (χ2n) is 6.05. The van der Waals surface area contributed by atoms with Crippen molar-refractivity contribution >= 4 is 11.8 Å². The minimum absolute atomic E-state index is 0.608. The molecule has 1 heterocycles. The lowest BCUT2D eigenvalue weighted by Crippen LogP contribution is -2.10. The summed E-state index contributed by atoms with van der Waals surface area (Å²) in [5, 5.41) is 6.66. The van der Waals surface area contributed by atoms with Crippen molar-refractivity contribution in [2.24, 2.45) is 0 Å². The number of ether oxygens (including phenoxy) is 1. The van der Waals surface area contributed by atoms with Crippen molar-refractivity contribution in [1.82, 2.24) is 9.97 Å². The van der Waals surface area contributed by atoms with E-state index in [2.05, 4.69) is 44.9 Å². The molecule has 2 aromatic carbocycles. The van der Waals surface area contributed by atoms with Crippen LogP contribution in [0.1, 0.15) is 16.8 Å². The summed E-state index contributed by atoms with van der Waals surface area (Å²) in [6.45, 7) is 3.40. The summed E-state index contributed by atoms with van der Waals surface area (Å²) < 4.78 is 5.38. The maximum absolute atomic E-state index is 5.38. The molecule has 5 nitrogen and oxygen atoms in total. The summed E-state index contributed by atoms with van der Waals surface area (Å²) in [5.74, 6) is 2.29. The highest BCUT2D eigenvalue weighted by molar-refractivity contribution is 5.43. The number of rotatable bonds is 8. The molecule has 0 saturated carbocycles. The Bertz CT molecular complexity index is 836. The number of nitrogens with one attached hydrogen (secondary N) is 2. The molecule has 0 fully saturated rings. The molecular weight excluding hydrogens is 324 g/mol. The van der Waals surface area contributed by atoms with Crippen molar-refractivity contribution in [2.75, 3.05) is 24.3 Å². The molecule has 0 amide bonds. The first-order valence-corrected chi connectivity index (χ1v) is 8.74. The molecule has 2 N–H and O–H groups in total. The molecule has 0 spiro atoms. The summed E-state index contributed by atoms with van der Waals surface area (Å²) in [4.78, 5) is 9.03. The Balaban J connectivity index is 1.60. The van der Waals surface area contributed by atoms with Crippen LogP contribution in [-0.2, 0) is 13.0 Å². The topological polar surface area (TPSA) is 59.1 Å². The van der Waals surface area contributed by atoms with Crippen LogP contribution < -0.4 is 15.4 Å². The number of aryl methyl sites for hydroxylation is 1. The van der Waals surface area contributed by atoms with Crippen molar-refractivity contribution < 1.29 is 4.74 Å². The average molecular weight is 348 g/mol. The molecule has 3 rings (SSSR count). The lowest BCUT2D eigenvalue weighted by Gasteiger charge is -2.12. The summed E-state index contributed by atoms with van der Waals surface area (Å²) in [6, 6.07) is 20.3. The Labute approximate surface area is 154 Å². The van der Waals surface area contributed by atoms with Crippen LogP contribution in [0.25, 0.3) is 0 Å². The van der Waals surface area contributed by atoms with Gasteiger partial charge in [-0.15, -0.1) is 0 Å². The van der Waals surface area contributed by atoms with Gasteiger partial charge in [-0.2, -0.15) is 4.98 Å². The molecule has 0 bridgehead atoms. The first-order valence-electron chi connectivity index (χ1n) is 8.74. The van der Waals surface area contributed by atoms with Crippen LogP contribution in [0.4, 0.5) is 11.8 Å². The second kappa shape index (κ2) is 8.85. The fourth-order valence-corrected chi connectivity index (χ4v) is 2.74.